The van der Waals surface area contributed by atoms with Crippen molar-refractivity contribution in [3.8, 4) is 11.3 Å². The molecule has 1 aliphatic carbocycles. The summed E-state index contributed by atoms with van der Waals surface area (Å²) < 4.78 is 4.90. The summed E-state index contributed by atoms with van der Waals surface area (Å²) in [4.78, 5) is 14.3. The highest BCUT2D eigenvalue weighted by Gasteiger charge is 2.30. The number of aromatic nitrogens is 2. The SMILES string of the molecule is O=C(O)c1ccc2c(C3CCCCC3)c3n(c2c1)CCCn1cc(CN2CCC(O)C2)c2cccc-3c21. The van der Waals surface area contributed by atoms with Crippen molar-refractivity contribution in [2.45, 2.75) is 76.6 Å². The van der Waals surface area contributed by atoms with E-state index in [2.05, 4.69) is 44.5 Å². The second-order valence-corrected chi connectivity index (χ2v) is 11.4. The number of aromatic carboxylic acids is 1. The molecule has 3 aliphatic rings. The Morgan fingerprint density at radius 1 is 0.946 bits per heavy atom. The second kappa shape index (κ2) is 9.03. The van der Waals surface area contributed by atoms with Crippen LogP contribution in [0.5, 0.6) is 0 Å². The van der Waals surface area contributed by atoms with Crippen LogP contribution in [0.4, 0.5) is 0 Å². The van der Waals surface area contributed by atoms with Crippen molar-refractivity contribution in [1.29, 1.82) is 0 Å². The number of carbonyl (C=O) groups is 1. The Morgan fingerprint density at radius 2 is 1.81 bits per heavy atom. The number of likely N-dealkylation sites (tertiary alicyclic amines) is 1. The molecule has 192 valence electrons. The molecule has 0 bridgehead atoms. The van der Waals surface area contributed by atoms with Gasteiger partial charge in [0.05, 0.1) is 22.9 Å². The number of hydrogen-bond acceptors (Lipinski definition) is 3. The third-order valence-corrected chi connectivity index (χ3v) is 9.02. The highest BCUT2D eigenvalue weighted by atomic mass is 16.4. The van der Waals surface area contributed by atoms with Gasteiger partial charge in [-0.3, -0.25) is 4.90 Å². The number of para-hydroxylation sites is 1. The predicted molar refractivity (Wildman–Crippen MR) is 146 cm³/mol. The molecule has 6 heteroatoms. The van der Waals surface area contributed by atoms with Crippen LogP contribution in [0.25, 0.3) is 33.1 Å². The van der Waals surface area contributed by atoms with Crippen molar-refractivity contribution >= 4 is 27.8 Å². The van der Waals surface area contributed by atoms with E-state index in [9.17, 15) is 15.0 Å². The van der Waals surface area contributed by atoms with Gasteiger partial charge >= 0.3 is 5.97 Å². The molecule has 1 unspecified atom stereocenters. The molecule has 0 spiro atoms. The van der Waals surface area contributed by atoms with Gasteiger partial charge in [-0.15, -0.1) is 0 Å². The summed E-state index contributed by atoms with van der Waals surface area (Å²) in [6, 6.07) is 12.5. The number of carboxylic acid groups (broad SMARTS) is 1. The zero-order valence-electron chi connectivity index (χ0n) is 21.3. The van der Waals surface area contributed by atoms with E-state index in [1.54, 1.807) is 6.07 Å². The van der Waals surface area contributed by atoms with Gasteiger partial charge in [0, 0.05) is 60.8 Å². The Bertz CT molecular complexity index is 1510. The average Bonchev–Trinajstić information content (AvgIpc) is 3.57. The number of aliphatic hydroxyl groups is 1. The molecule has 1 saturated carbocycles. The van der Waals surface area contributed by atoms with E-state index in [1.165, 1.54) is 70.8 Å². The van der Waals surface area contributed by atoms with Crippen molar-refractivity contribution in [3.05, 3.63) is 59.3 Å². The van der Waals surface area contributed by atoms with E-state index < -0.39 is 5.97 Å². The minimum Gasteiger partial charge on any atom is -0.478 e. The van der Waals surface area contributed by atoms with Gasteiger partial charge in [-0.2, -0.15) is 0 Å². The lowest BCUT2D eigenvalue weighted by Gasteiger charge is -2.25. The third kappa shape index (κ3) is 3.80. The minimum atomic E-state index is -0.866. The second-order valence-electron chi connectivity index (χ2n) is 11.4. The normalized spacial score (nSPS) is 20.8. The number of β-amino-alcohol motifs (C(OH)–C–C–N with tert-alkyl or cyclic N) is 1. The van der Waals surface area contributed by atoms with Gasteiger partial charge in [0.15, 0.2) is 0 Å². The Hall–Kier alpha value is -3.09. The Morgan fingerprint density at radius 3 is 2.59 bits per heavy atom. The molecular formula is C31H35N3O3. The number of nitrogens with zero attached hydrogens (tertiary/aromatic N) is 3. The number of rotatable bonds is 4. The first-order valence-electron chi connectivity index (χ1n) is 14.0. The van der Waals surface area contributed by atoms with E-state index in [4.69, 9.17) is 0 Å². The lowest BCUT2D eigenvalue weighted by Crippen LogP contribution is -2.21. The summed E-state index contributed by atoms with van der Waals surface area (Å²) in [6.07, 6.45) is 10.2. The Kier molecular flexibility index (Phi) is 5.63. The molecule has 7 rings (SSSR count). The maximum absolute atomic E-state index is 11.9. The van der Waals surface area contributed by atoms with Gasteiger partial charge in [0.2, 0.25) is 0 Å². The maximum Gasteiger partial charge on any atom is 0.335 e. The number of benzene rings is 2. The Labute approximate surface area is 217 Å². The van der Waals surface area contributed by atoms with Crippen molar-refractivity contribution in [1.82, 2.24) is 14.0 Å². The fourth-order valence-electron chi connectivity index (χ4n) is 7.36. The fourth-order valence-corrected chi connectivity index (χ4v) is 7.36. The largest absolute Gasteiger partial charge is 0.478 e. The van der Waals surface area contributed by atoms with Crippen LogP contribution >= 0.6 is 0 Å². The summed E-state index contributed by atoms with van der Waals surface area (Å²) >= 11 is 0. The molecule has 0 amide bonds. The van der Waals surface area contributed by atoms with Crippen LogP contribution in [0.15, 0.2) is 42.6 Å². The van der Waals surface area contributed by atoms with Crippen LogP contribution in [0.2, 0.25) is 0 Å². The summed E-state index contributed by atoms with van der Waals surface area (Å²) in [5, 5.41) is 22.4. The van der Waals surface area contributed by atoms with E-state index in [0.717, 1.165) is 51.1 Å². The van der Waals surface area contributed by atoms with Gasteiger partial charge in [-0.1, -0.05) is 43.5 Å². The fraction of sp³-hybridized carbons (Fsp3) is 0.452. The van der Waals surface area contributed by atoms with Crippen LogP contribution in [0.1, 0.15) is 72.3 Å². The Balaban J connectivity index is 1.47. The number of aliphatic hydroxyl groups excluding tert-OH is 1. The summed E-state index contributed by atoms with van der Waals surface area (Å²) in [5.74, 6) is -0.359. The van der Waals surface area contributed by atoms with E-state index in [-0.39, 0.29) is 6.10 Å². The molecule has 2 fully saturated rings. The molecule has 1 atom stereocenters. The van der Waals surface area contributed by atoms with Gasteiger partial charge < -0.3 is 19.3 Å². The van der Waals surface area contributed by atoms with E-state index >= 15 is 0 Å². The molecule has 0 radical (unpaired) electrons. The van der Waals surface area contributed by atoms with Gasteiger partial charge in [-0.25, -0.2) is 4.79 Å². The standard InChI is InChI=1S/C31H35N3O3/c35-23-12-15-32(19-23)17-22-18-33-13-5-14-34-27-16-21(31(36)37)10-11-25(27)28(20-6-2-1-3-7-20)30(34)26-9-4-8-24(22)29(26)33/h4,8-11,16,18,20,23,35H,1-3,5-7,12-15,17,19H2,(H,36,37). The first-order chi connectivity index (χ1) is 18.1. The smallest absolute Gasteiger partial charge is 0.335 e. The topological polar surface area (TPSA) is 70.6 Å². The lowest BCUT2D eigenvalue weighted by atomic mass is 9.81. The molecule has 4 heterocycles. The molecule has 37 heavy (non-hydrogen) atoms. The molecule has 1 saturated heterocycles. The van der Waals surface area contributed by atoms with Crippen LogP contribution in [0, 0.1) is 0 Å². The van der Waals surface area contributed by atoms with E-state index in [0.29, 0.717) is 11.5 Å². The van der Waals surface area contributed by atoms with Gasteiger partial charge in [0.25, 0.3) is 0 Å². The van der Waals surface area contributed by atoms with Crippen molar-refractivity contribution in [3.63, 3.8) is 0 Å². The number of fused-ring (bicyclic) bond motifs is 4. The van der Waals surface area contributed by atoms with Crippen LogP contribution < -0.4 is 0 Å². The molecule has 2 aromatic heterocycles. The monoisotopic (exact) mass is 497 g/mol. The van der Waals surface area contributed by atoms with Crippen molar-refractivity contribution in [2.24, 2.45) is 0 Å². The third-order valence-electron chi connectivity index (χ3n) is 9.02. The molecular weight excluding hydrogens is 462 g/mol. The molecule has 2 aliphatic heterocycles. The highest BCUT2D eigenvalue weighted by Crippen LogP contribution is 2.47. The average molecular weight is 498 g/mol. The van der Waals surface area contributed by atoms with Gasteiger partial charge in [0.1, 0.15) is 0 Å². The van der Waals surface area contributed by atoms with Gasteiger partial charge in [-0.05, 0) is 54.9 Å². The maximum atomic E-state index is 11.9. The minimum absolute atomic E-state index is 0.213. The van der Waals surface area contributed by atoms with Crippen molar-refractivity contribution in [2.75, 3.05) is 13.1 Å². The van der Waals surface area contributed by atoms with Crippen LogP contribution in [-0.4, -0.2) is 49.4 Å². The zero-order valence-corrected chi connectivity index (χ0v) is 21.3. The van der Waals surface area contributed by atoms with Crippen LogP contribution in [-0.2, 0) is 19.6 Å². The first kappa shape index (κ1) is 23.1. The van der Waals surface area contributed by atoms with E-state index in [1.807, 2.05) is 6.07 Å². The summed E-state index contributed by atoms with van der Waals surface area (Å²) in [6.45, 7) is 4.37. The number of hydrogen-bond donors (Lipinski definition) is 2. The molecule has 6 nitrogen and oxygen atoms in total. The number of carboxylic acids is 1. The quantitative estimate of drug-likeness (QED) is 0.364. The lowest BCUT2D eigenvalue weighted by molar-refractivity contribution is 0.0697. The summed E-state index contributed by atoms with van der Waals surface area (Å²) in [5.41, 5.74) is 8.08. The first-order valence-corrected chi connectivity index (χ1v) is 14.0. The molecule has 2 N–H and O–H groups in total. The predicted octanol–water partition coefficient (Wildman–Crippen LogP) is 5.98. The van der Waals surface area contributed by atoms with Crippen LogP contribution in [0.3, 0.4) is 0 Å². The highest BCUT2D eigenvalue weighted by molar-refractivity contribution is 6.03. The zero-order chi connectivity index (χ0) is 25.1. The van der Waals surface area contributed by atoms with Crippen molar-refractivity contribution < 1.29 is 15.0 Å². The molecule has 2 aromatic carbocycles. The number of aryl methyl sites for hydroxylation is 2. The molecule has 4 aromatic rings. The summed E-state index contributed by atoms with van der Waals surface area (Å²) in [7, 11) is 0.